The summed E-state index contributed by atoms with van der Waals surface area (Å²) < 4.78 is 14.7. The van der Waals surface area contributed by atoms with E-state index in [1.54, 1.807) is 24.7 Å². The van der Waals surface area contributed by atoms with E-state index in [4.69, 9.17) is 0 Å². The lowest BCUT2D eigenvalue weighted by Gasteiger charge is -2.02. The zero-order chi connectivity index (χ0) is 11.5. The zero-order valence-electron chi connectivity index (χ0n) is 8.85. The molecule has 4 heteroatoms. The third-order valence-corrected chi connectivity index (χ3v) is 2.28. The molecule has 0 bridgehead atoms. The van der Waals surface area contributed by atoms with E-state index in [1.807, 2.05) is 4.57 Å². The number of nitrogens with zero attached hydrogens (tertiary/aromatic N) is 2. The second-order valence-electron chi connectivity index (χ2n) is 3.64. The Morgan fingerprint density at radius 1 is 1.50 bits per heavy atom. The van der Waals surface area contributed by atoms with E-state index in [-0.39, 0.29) is 11.6 Å². The summed E-state index contributed by atoms with van der Waals surface area (Å²) in [6.45, 7) is 2.03. The van der Waals surface area contributed by atoms with E-state index >= 15 is 0 Å². The molecular formula is C12H11FN2O. The first kappa shape index (κ1) is 10.5. The first-order valence-corrected chi connectivity index (χ1v) is 4.91. The van der Waals surface area contributed by atoms with Crippen molar-refractivity contribution in [1.29, 1.82) is 0 Å². The summed E-state index contributed by atoms with van der Waals surface area (Å²) in [5.41, 5.74) is 1.43. The highest BCUT2D eigenvalue weighted by molar-refractivity contribution is 5.93. The van der Waals surface area contributed by atoms with Crippen LogP contribution in [0.5, 0.6) is 0 Å². The lowest BCUT2D eigenvalue weighted by molar-refractivity contribution is 0.101. The molecule has 2 aromatic rings. The van der Waals surface area contributed by atoms with Crippen molar-refractivity contribution in [3.8, 4) is 0 Å². The van der Waals surface area contributed by atoms with E-state index in [2.05, 4.69) is 4.98 Å². The summed E-state index contributed by atoms with van der Waals surface area (Å²) >= 11 is 0. The SMILES string of the molecule is CC(=O)c1ccn(Cc2cncc(F)c2)c1. The number of hydrogen-bond acceptors (Lipinski definition) is 2. The second-order valence-corrected chi connectivity index (χ2v) is 3.64. The van der Waals surface area contributed by atoms with Crippen molar-refractivity contribution in [1.82, 2.24) is 9.55 Å². The summed E-state index contributed by atoms with van der Waals surface area (Å²) in [5, 5.41) is 0. The van der Waals surface area contributed by atoms with Crippen molar-refractivity contribution >= 4 is 5.78 Å². The van der Waals surface area contributed by atoms with Gasteiger partial charge in [-0.25, -0.2) is 4.39 Å². The number of ketones is 1. The predicted octanol–water partition coefficient (Wildman–Crippen LogP) is 2.27. The quantitative estimate of drug-likeness (QED) is 0.741. The lowest BCUT2D eigenvalue weighted by atomic mass is 10.2. The summed E-state index contributed by atoms with van der Waals surface area (Å²) in [6, 6.07) is 3.18. The largest absolute Gasteiger partial charge is 0.349 e. The molecule has 0 unspecified atom stereocenters. The van der Waals surface area contributed by atoms with Gasteiger partial charge in [0.15, 0.2) is 5.78 Å². The van der Waals surface area contributed by atoms with Gasteiger partial charge in [0.1, 0.15) is 5.82 Å². The Hall–Kier alpha value is -1.97. The third kappa shape index (κ3) is 2.34. The normalized spacial score (nSPS) is 10.4. The van der Waals surface area contributed by atoms with E-state index < -0.39 is 0 Å². The van der Waals surface area contributed by atoms with Gasteiger partial charge in [0, 0.05) is 30.7 Å². The van der Waals surface area contributed by atoms with Crippen LogP contribution in [0.25, 0.3) is 0 Å². The van der Waals surface area contributed by atoms with Crippen LogP contribution in [0.4, 0.5) is 4.39 Å². The smallest absolute Gasteiger partial charge is 0.161 e. The molecule has 16 heavy (non-hydrogen) atoms. The number of aromatic nitrogens is 2. The molecule has 2 aromatic heterocycles. The maximum absolute atomic E-state index is 12.9. The number of pyridine rings is 1. The van der Waals surface area contributed by atoms with Crippen LogP contribution in [-0.2, 0) is 6.54 Å². The van der Waals surface area contributed by atoms with Gasteiger partial charge in [-0.1, -0.05) is 0 Å². The molecule has 2 heterocycles. The topological polar surface area (TPSA) is 34.9 Å². The van der Waals surface area contributed by atoms with Gasteiger partial charge in [-0.05, 0) is 24.6 Å². The minimum absolute atomic E-state index is 0.0242. The van der Waals surface area contributed by atoms with Gasteiger partial charge < -0.3 is 4.57 Å². The first-order chi connectivity index (χ1) is 7.65. The molecule has 0 aliphatic heterocycles. The van der Waals surface area contributed by atoms with Crippen LogP contribution in [0.1, 0.15) is 22.8 Å². The van der Waals surface area contributed by atoms with Gasteiger partial charge in [0.2, 0.25) is 0 Å². The molecule has 0 saturated carbocycles. The monoisotopic (exact) mass is 218 g/mol. The van der Waals surface area contributed by atoms with Crippen molar-refractivity contribution in [3.63, 3.8) is 0 Å². The molecule has 0 spiro atoms. The van der Waals surface area contributed by atoms with Crippen LogP contribution >= 0.6 is 0 Å². The molecule has 0 aliphatic carbocycles. The Labute approximate surface area is 92.5 Å². The average molecular weight is 218 g/mol. The fourth-order valence-corrected chi connectivity index (χ4v) is 1.50. The van der Waals surface area contributed by atoms with Crippen molar-refractivity contribution in [2.24, 2.45) is 0 Å². The summed E-state index contributed by atoms with van der Waals surface area (Å²) in [5.74, 6) is -0.326. The highest BCUT2D eigenvalue weighted by Crippen LogP contribution is 2.07. The lowest BCUT2D eigenvalue weighted by Crippen LogP contribution is -1.98. The molecule has 0 fully saturated rings. The average Bonchev–Trinajstić information content (AvgIpc) is 2.66. The molecule has 0 aromatic carbocycles. The Morgan fingerprint density at radius 3 is 2.94 bits per heavy atom. The second kappa shape index (κ2) is 4.26. The zero-order valence-corrected chi connectivity index (χ0v) is 8.85. The van der Waals surface area contributed by atoms with Crippen molar-refractivity contribution < 1.29 is 9.18 Å². The molecule has 0 N–H and O–H groups in total. The number of carbonyl (C=O) groups is 1. The fraction of sp³-hybridized carbons (Fsp3) is 0.167. The molecule has 2 rings (SSSR count). The van der Waals surface area contributed by atoms with Crippen LogP contribution in [0.15, 0.2) is 36.9 Å². The van der Waals surface area contributed by atoms with E-state index in [9.17, 15) is 9.18 Å². The Kier molecular flexibility index (Phi) is 2.81. The predicted molar refractivity (Wildman–Crippen MR) is 57.7 cm³/mol. The van der Waals surface area contributed by atoms with E-state index in [1.165, 1.54) is 19.2 Å². The molecule has 82 valence electrons. The van der Waals surface area contributed by atoms with Crippen LogP contribution in [0, 0.1) is 5.82 Å². The first-order valence-electron chi connectivity index (χ1n) is 4.91. The number of halogens is 1. The van der Waals surface area contributed by atoms with Crippen molar-refractivity contribution in [2.45, 2.75) is 13.5 Å². The number of carbonyl (C=O) groups excluding carboxylic acids is 1. The minimum atomic E-state index is -0.351. The summed E-state index contributed by atoms with van der Waals surface area (Å²) in [4.78, 5) is 14.8. The Bertz CT molecular complexity index is 519. The standard InChI is InChI=1S/C12H11FN2O/c1-9(16)11-2-3-15(8-11)7-10-4-12(13)6-14-5-10/h2-6,8H,7H2,1H3. The van der Waals surface area contributed by atoms with Gasteiger partial charge in [0.05, 0.1) is 6.20 Å². The van der Waals surface area contributed by atoms with E-state index in [0.717, 1.165) is 5.56 Å². The van der Waals surface area contributed by atoms with Gasteiger partial charge >= 0.3 is 0 Å². The maximum atomic E-state index is 12.9. The Balaban J connectivity index is 2.17. The molecule has 0 amide bonds. The Morgan fingerprint density at radius 2 is 2.31 bits per heavy atom. The molecule has 3 nitrogen and oxygen atoms in total. The molecule has 0 radical (unpaired) electrons. The van der Waals surface area contributed by atoms with E-state index in [0.29, 0.717) is 12.1 Å². The van der Waals surface area contributed by atoms with Crippen LogP contribution in [-0.4, -0.2) is 15.3 Å². The van der Waals surface area contributed by atoms with Gasteiger partial charge in [-0.15, -0.1) is 0 Å². The van der Waals surface area contributed by atoms with Crippen molar-refractivity contribution in [2.75, 3.05) is 0 Å². The highest BCUT2D eigenvalue weighted by Gasteiger charge is 2.02. The number of rotatable bonds is 3. The third-order valence-electron chi connectivity index (χ3n) is 2.28. The highest BCUT2D eigenvalue weighted by atomic mass is 19.1. The van der Waals surface area contributed by atoms with Gasteiger partial charge in [0.25, 0.3) is 0 Å². The summed E-state index contributed by atoms with van der Waals surface area (Å²) in [7, 11) is 0. The summed E-state index contributed by atoms with van der Waals surface area (Å²) in [6.07, 6.45) is 6.31. The van der Waals surface area contributed by atoms with Gasteiger partial charge in [-0.2, -0.15) is 0 Å². The molecular weight excluding hydrogens is 207 g/mol. The minimum Gasteiger partial charge on any atom is -0.349 e. The van der Waals surface area contributed by atoms with Gasteiger partial charge in [-0.3, -0.25) is 9.78 Å². The number of Topliss-reactive ketones (excluding diaryl/α,β-unsaturated/α-hetero) is 1. The van der Waals surface area contributed by atoms with Crippen LogP contribution in [0.2, 0.25) is 0 Å². The molecule has 0 aliphatic rings. The van der Waals surface area contributed by atoms with Crippen LogP contribution in [0.3, 0.4) is 0 Å². The van der Waals surface area contributed by atoms with Crippen molar-refractivity contribution in [3.05, 3.63) is 53.9 Å². The molecule has 0 atom stereocenters. The fourth-order valence-electron chi connectivity index (χ4n) is 1.50. The van der Waals surface area contributed by atoms with Crippen LogP contribution < -0.4 is 0 Å². The molecule has 0 saturated heterocycles. The number of hydrogen-bond donors (Lipinski definition) is 0. The maximum Gasteiger partial charge on any atom is 0.161 e.